The predicted octanol–water partition coefficient (Wildman–Crippen LogP) is 17.4. The molecule has 0 amide bonds. The summed E-state index contributed by atoms with van der Waals surface area (Å²) in [6.45, 7) is 11.8. The monoisotopic (exact) mass is 1050 g/mol. The van der Waals surface area contributed by atoms with Crippen LogP contribution in [0.3, 0.4) is 0 Å². The molecule has 3 aromatic carbocycles. The first-order chi connectivity index (χ1) is 33.6. The number of ether oxygens (including phenoxy) is 4. The number of benzene rings is 3. The van der Waals surface area contributed by atoms with E-state index in [2.05, 4.69) is 110 Å². The molecule has 3 heterocycles. The van der Waals surface area contributed by atoms with Gasteiger partial charge >= 0.3 is 282 Å². The Bertz CT molecular complexity index is 2130. The smallest absolute Gasteiger partial charge is 0.0654 e. The number of rotatable bonds is 36. The van der Waals surface area contributed by atoms with Gasteiger partial charge in [-0.3, -0.25) is 0 Å². The number of fused-ring (bicyclic) bond motifs is 1. The quantitative estimate of drug-likeness (QED) is 0.0289. The molecule has 0 aliphatic heterocycles. The second-order valence-corrected chi connectivity index (χ2v) is 22.5. The molecule has 6 nitrogen and oxygen atoms in total. The zero-order chi connectivity index (χ0) is 47.4. The first-order valence-corrected chi connectivity index (χ1v) is 30.6. The normalized spacial score (nSPS) is 11.4. The average Bonchev–Trinajstić information content (AvgIpc) is 4.12. The van der Waals surface area contributed by atoms with Crippen LogP contribution in [0.1, 0.15) is 182 Å². The second-order valence-electron chi connectivity index (χ2n) is 18.5. The molecule has 6 aromatic rings. The minimum Gasteiger partial charge on any atom is -0.0654 e. The van der Waals surface area contributed by atoms with Crippen LogP contribution in [0.25, 0.3) is 53.5 Å². The first kappa shape index (κ1) is 53.5. The average molecular weight is 1050 g/mol. The summed E-state index contributed by atoms with van der Waals surface area (Å²) >= 11 is 0.459. The van der Waals surface area contributed by atoms with Crippen LogP contribution < -0.4 is 18.9 Å². The number of aromatic nitrogens is 2. The van der Waals surface area contributed by atoms with Crippen molar-refractivity contribution < 1.29 is 18.9 Å². The third kappa shape index (κ3) is 17.0. The Balaban J connectivity index is 1.42. The number of unbranched alkanes of at least 4 members (excludes halogenated alkanes) is 20. The Labute approximate surface area is 422 Å². The maximum absolute atomic E-state index is 6.70. The van der Waals surface area contributed by atoms with Crippen molar-refractivity contribution in [2.75, 3.05) is 26.4 Å². The summed E-state index contributed by atoms with van der Waals surface area (Å²) in [4.78, 5) is 16.1. The fourth-order valence-electron chi connectivity index (χ4n) is 8.83. The van der Waals surface area contributed by atoms with E-state index in [4.69, 9.17) is 28.9 Å². The molecular formula is C60H82N2O4Se2. The van der Waals surface area contributed by atoms with Gasteiger partial charge in [0.05, 0.1) is 0 Å². The van der Waals surface area contributed by atoms with E-state index in [9.17, 15) is 0 Å². The van der Waals surface area contributed by atoms with Crippen LogP contribution in [0.15, 0.2) is 82.7 Å². The van der Waals surface area contributed by atoms with Crippen LogP contribution in [-0.4, -0.2) is 65.4 Å². The van der Waals surface area contributed by atoms with Crippen molar-refractivity contribution in [3.8, 4) is 65.5 Å². The molecule has 368 valence electrons. The second kappa shape index (κ2) is 31.4. The number of hydrogen-bond acceptors (Lipinski definition) is 6. The summed E-state index contributed by atoms with van der Waals surface area (Å²) in [5.41, 5.74) is 7.78. The van der Waals surface area contributed by atoms with Gasteiger partial charge in [0.2, 0.25) is 0 Å². The molecule has 0 fully saturated rings. The van der Waals surface area contributed by atoms with Crippen molar-refractivity contribution in [2.45, 2.75) is 182 Å². The molecule has 0 unspecified atom stereocenters. The number of nitrogens with zero attached hydrogens (tertiary/aromatic N) is 2. The first-order valence-electron chi connectivity index (χ1n) is 26.9. The van der Waals surface area contributed by atoms with Crippen molar-refractivity contribution in [1.82, 2.24) is 9.97 Å². The van der Waals surface area contributed by atoms with Crippen LogP contribution in [0.5, 0.6) is 23.0 Å². The van der Waals surface area contributed by atoms with E-state index in [-0.39, 0.29) is 29.0 Å². The third-order valence-electron chi connectivity index (χ3n) is 12.9. The van der Waals surface area contributed by atoms with Gasteiger partial charge < -0.3 is 0 Å². The van der Waals surface area contributed by atoms with Crippen LogP contribution in [-0.2, 0) is 0 Å². The van der Waals surface area contributed by atoms with Gasteiger partial charge in [0, 0.05) is 0 Å². The van der Waals surface area contributed by atoms with E-state index in [0.717, 1.165) is 93.4 Å². The van der Waals surface area contributed by atoms with Crippen molar-refractivity contribution in [3.63, 3.8) is 0 Å². The fraction of sp³-hybridized carbons (Fsp3) is 0.533. The molecule has 3 aromatic heterocycles. The topological polar surface area (TPSA) is 62.7 Å². The minimum absolute atomic E-state index is 0.229. The minimum atomic E-state index is 0.229. The Hall–Kier alpha value is -3.80. The molecule has 6 rings (SSSR count). The van der Waals surface area contributed by atoms with Gasteiger partial charge in [-0.15, -0.1) is 0 Å². The van der Waals surface area contributed by atoms with Gasteiger partial charge in [-0.1, -0.05) is 143 Å². The van der Waals surface area contributed by atoms with Gasteiger partial charge in [-0.25, -0.2) is 0 Å². The summed E-state index contributed by atoms with van der Waals surface area (Å²) < 4.78 is 29.1. The summed E-state index contributed by atoms with van der Waals surface area (Å²) in [5.74, 6) is 3.16. The van der Waals surface area contributed by atoms with Crippen LogP contribution >= 0.6 is 0 Å². The van der Waals surface area contributed by atoms with Crippen molar-refractivity contribution in [1.29, 1.82) is 0 Å². The molecule has 8 heteroatoms. The Kier molecular flexibility index (Phi) is 24.8. The van der Waals surface area contributed by atoms with Crippen molar-refractivity contribution >= 4 is 40.0 Å². The van der Waals surface area contributed by atoms with E-state index >= 15 is 0 Å². The van der Waals surface area contributed by atoms with E-state index in [0.29, 0.717) is 26.4 Å². The molecular weight excluding hydrogens is 971 g/mol. The molecule has 68 heavy (non-hydrogen) atoms. The summed E-state index contributed by atoms with van der Waals surface area (Å²) in [5, 5.41) is 0. The van der Waals surface area contributed by atoms with E-state index in [1.807, 2.05) is 0 Å². The molecule has 0 atom stereocenters. The molecule has 0 aliphatic rings. The summed E-state index contributed by atoms with van der Waals surface area (Å²) in [6, 6.07) is 26.3. The van der Waals surface area contributed by atoms with Gasteiger partial charge in [0.15, 0.2) is 0 Å². The van der Waals surface area contributed by atoms with Gasteiger partial charge in [-0.05, 0) is 0 Å². The predicted molar refractivity (Wildman–Crippen MR) is 291 cm³/mol. The van der Waals surface area contributed by atoms with Gasteiger partial charge in [0.25, 0.3) is 0 Å². The van der Waals surface area contributed by atoms with Gasteiger partial charge in [0.1, 0.15) is 0 Å². The molecule has 0 radical (unpaired) electrons. The zero-order valence-electron chi connectivity index (χ0n) is 42.2. The molecule has 0 bridgehead atoms. The zero-order valence-corrected chi connectivity index (χ0v) is 45.7. The van der Waals surface area contributed by atoms with E-state index < -0.39 is 0 Å². The molecule has 0 N–H and O–H groups in total. The van der Waals surface area contributed by atoms with Crippen LogP contribution in [0.2, 0.25) is 0 Å². The number of hydrogen-bond donors (Lipinski definition) is 0. The summed E-state index contributed by atoms with van der Waals surface area (Å²) in [6.07, 6.45) is 29.2. The van der Waals surface area contributed by atoms with E-state index in [1.54, 1.807) is 0 Å². The molecule has 0 spiro atoms. The standard InChI is InChI=1S/C60H82N2O4Se2/c1-5-9-13-17-21-25-39-63-51-37-33-47(45-53(51)65-41-27-23-19-15-11-7-3)57-58(62-60-50(56-32-30-44-68-56)36-35-49(59(60)61-57)55-31-29-43-67-55)48-34-38-52(64-40-26-22-18-14-10-6-2)54(46-48)66-42-28-24-20-16-12-8-4/h29-38,43-46H,5-28,39-42H2,1-4H3. The Morgan fingerprint density at radius 3 is 1.00 bits per heavy atom. The maximum atomic E-state index is 6.70. The fourth-order valence-corrected chi connectivity index (χ4v) is 12.0. The molecule has 0 aliphatic carbocycles. The third-order valence-corrected chi connectivity index (χ3v) is 16.6. The Morgan fingerprint density at radius 2 is 0.676 bits per heavy atom. The van der Waals surface area contributed by atoms with Gasteiger partial charge in [-0.2, -0.15) is 0 Å². The van der Waals surface area contributed by atoms with Crippen LogP contribution in [0.4, 0.5) is 0 Å². The van der Waals surface area contributed by atoms with Crippen molar-refractivity contribution in [3.05, 3.63) is 82.7 Å². The summed E-state index contributed by atoms with van der Waals surface area (Å²) in [7, 11) is 0. The van der Waals surface area contributed by atoms with Crippen molar-refractivity contribution in [2.24, 2.45) is 0 Å². The van der Waals surface area contributed by atoms with Crippen LogP contribution in [0, 0.1) is 0 Å². The Morgan fingerprint density at radius 1 is 0.353 bits per heavy atom. The SMILES string of the molecule is CCCCCCCCOc1ccc(-c2nc3c(-c4ccc[se]4)ccc(-c4ccc[se]4)c3nc2-c2ccc(OCCCCCCCC)c(OCCCCCCCC)c2)cc1OCCCCCCCC. The van der Waals surface area contributed by atoms with E-state index in [1.165, 1.54) is 137 Å². The molecule has 0 saturated carbocycles. The molecule has 0 saturated heterocycles.